The summed E-state index contributed by atoms with van der Waals surface area (Å²) in [6, 6.07) is 6.11. The summed E-state index contributed by atoms with van der Waals surface area (Å²) in [7, 11) is 0. The van der Waals surface area contributed by atoms with Gasteiger partial charge in [0.2, 0.25) is 0 Å². The van der Waals surface area contributed by atoms with Crippen molar-refractivity contribution in [3.8, 4) is 0 Å². The molecule has 1 aromatic rings. The smallest absolute Gasteiger partial charge is 0.0595 e. The van der Waals surface area contributed by atoms with Gasteiger partial charge in [-0.3, -0.25) is 0 Å². The summed E-state index contributed by atoms with van der Waals surface area (Å²) in [5, 5.41) is 4.79. The second kappa shape index (κ2) is 6.76. The Morgan fingerprint density at radius 1 is 1.28 bits per heavy atom. The normalized spacial score (nSPS) is 18.8. The molecular formula is C14H19Cl2NO. The first kappa shape index (κ1) is 14.1. The van der Waals surface area contributed by atoms with Gasteiger partial charge in [0.05, 0.1) is 10.0 Å². The monoisotopic (exact) mass is 287 g/mol. The van der Waals surface area contributed by atoms with Crippen LogP contribution in [0.25, 0.3) is 0 Å². The van der Waals surface area contributed by atoms with Crippen LogP contribution in [-0.4, -0.2) is 19.8 Å². The maximum atomic E-state index is 6.03. The average molecular weight is 288 g/mol. The van der Waals surface area contributed by atoms with Crippen LogP contribution in [-0.2, 0) is 4.74 Å². The molecule has 0 aliphatic carbocycles. The summed E-state index contributed by atoms with van der Waals surface area (Å²) in [6.07, 6.45) is 2.31. The van der Waals surface area contributed by atoms with Gasteiger partial charge in [0.15, 0.2) is 0 Å². The van der Waals surface area contributed by atoms with Crippen LogP contribution in [0.4, 0.5) is 0 Å². The first-order chi connectivity index (χ1) is 8.66. The quantitative estimate of drug-likeness (QED) is 0.901. The van der Waals surface area contributed by atoms with E-state index < -0.39 is 0 Å². The first-order valence-electron chi connectivity index (χ1n) is 6.43. The Hall–Kier alpha value is -0.280. The standard InChI is InChI=1S/C14H19Cl2NO/c1-10(12-2-3-13(15)14(16)8-12)17-9-11-4-6-18-7-5-11/h2-3,8,10-11,17H,4-7,9H2,1H3. The molecular weight excluding hydrogens is 269 g/mol. The zero-order valence-corrected chi connectivity index (χ0v) is 12.1. The van der Waals surface area contributed by atoms with E-state index >= 15 is 0 Å². The second-order valence-electron chi connectivity index (χ2n) is 4.86. The number of ether oxygens (including phenoxy) is 1. The second-order valence-corrected chi connectivity index (χ2v) is 5.67. The third kappa shape index (κ3) is 3.86. The molecule has 0 amide bonds. The summed E-state index contributed by atoms with van der Waals surface area (Å²) in [4.78, 5) is 0. The number of hydrogen-bond donors (Lipinski definition) is 1. The third-order valence-electron chi connectivity index (χ3n) is 3.50. The molecule has 0 spiro atoms. The van der Waals surface area contributed by atoms with Gasteiger partial charge in [0, 0.05) is 19.3 Å². The van der Waals surface area contributed by atoms with E-state index in [0.717, 1.165) is 38.5 Å². The molecule has 1 saturated heterocycles. The molecule has 2 rings (SSSR count). The van der Waals surface area contributed by atoms with Crippen LogP contribution in [0.15, 0.2) is 18.2 Å². The number of rotatable bonds is 4. The summed E-state index contributed by atoms with van der Waals surface area (Å²) < 4.78 is 5.36. The molecule has 1 N–H and O–H groups in total. The predicted molar refractivity (Wildman–Crippen MR) is 76.4 cm³/mol. The molecule has 1 aliphatic heterocycles. The van der Waals surface area contributed by atoms with E-state index in [1.165, 1.54) is 5.56 Å². The van der Waals surface area contributed by atoms with Gasteiger partial charge in [-0.2, -0.15) is 0 Å². The molecule has 1 aliphatic rings. The molecule has 1 aromatic carbocycles. The molecule has 18 heavy (non-hydrogen) atoms. The Kier molecular flexibility index (Phi) is 5.31. The lowest BCUT2D eigenvalue weighted by atomic mass is 9.99. The fourth-order valence-electron chi connectivity index (χ4n) is 2.19. The van der Waals surface area contributed by atoms with Crippen molar-refractivity contribution in [3.05, 3.63) is 33.8 Å². The Bertz CT molecular complexity index is 391. The minimum atomic E-state index is 0.294. The van der Waals surface area contributed by atoms with E-state index in [0.29, 0.717) is 16.1 Å². The van der Waals surface area contributed by atoms with Crippen LogP contribution in [0.2, 0.25) is 10.0 Å². The van der Waals surface area contributed by atoms with Crippen LogP contribution >= 0.6 is 23.2 Å². The minimum absolute atomic E-state index is 0.294. The van der Waals surface area contributed by atoms with Crippen molar-refractivity contribution in [2.75, 3.05) is 19.8 Å². The Morgan fingerprint density at radius 2 is 2.00 bits per heavy atom. The lowest BCUT2D eigenvalue weighted by molar-refractivity contribution is 0.0656. The number of halogens is 2. The highest BCUT2D eigenvalue weighted by molar-refractivity contribution is 6.42. The van der Waals surface area contributed by atoms with E-state index in [4.69, 9.17) is 27.9 Å². The van der Waals surface area contributed by atoms with E-state index in [-0.39, 0.29) is 0 Å². The fraction of sp³-hybridized carbons (Fsp3) is 0.571. The minimum Gasteiger partial charge on any atom is -0.381 e. The van der Waals surface area contributed by atoms with Gasteiger partial charge < -0.3 is 10.1 Å². The van der Waals surface area contributed by atoms with Gasteiger partial charge >= 0.3 is 0 Å². The number of nitrogens with one attached hydrogen (secondary N) is 1. The van der Waals surface area contributed by atoms with E-state index in [2.05, 4.69) is 12.2 Å². The summed E-state index contributed by atoms with van der Waals surface area (Å²) in [5.41, 5.74) is 1.18. The van der Waals surface area contributed by atoms with Crippen molar-refractivity contribution < 1.29 is 4.74 Å². The Balaban J connectivity index is 1.86. The third-order valence-corrected chi connectivity index (χ3v) is 4.24. The SMILES string of the molecule is CC(NCC1CCOCC1)c1ccc(Cl)c(Cl)c1. The summed E-state index contributed by atoms with van der Waals surface area (Å²) in [5.74, 6) is 0.726. The number of hydrogen-bond acceptors (Lipinski definition) is 2. The van der Waals surface area contributed by atoms with E-state index in [1.54, 1.807) is 0 Å². The number of benzene rings is 1. The lowest BCUT2D eigenvalue weighted by Gasteiger charge is -2.24. The summed E-state index contributed by atoms with van der Waals surface area (Å²) >= 11 is 11.9. The van der Waals surface area contributed by atoms with Crippen molar-refractivity contribution in [1.82, 2.24) is 5.32 Å². The Morgan fingerprint density at radius 3 is 2.67 bits per heavy atom. The van der Waals surface area contributed by atoms with Gasteiger partial charge in [-0.1, -0.05) is 29.3 Å². The van der Waals surface area contributed by atoms with Gasteiger partial charge in [0.1, 0.15) is 0 Å². The highest BCUT2D eigenvalue weighted by atomic mass is 35.5. The maximum Gasteiger partial charge on any atom is 0.0595 e. The van der Waals surface area contributed by atoms with Crippen molar-refractivity contribution in [2.24, 2.45) is 5.92 Å². The van der Waals surface area contributed by atoms with Gasteiger partial charge in [-0.15, -0.1) is 0 Å². The molecule has 1 atom stereocenters. The molecule has 1 unspecified atom stereocenters. The highest BCUT2D eigenvalue weighted by Crippen LogP contribution is 2.25. The van der Waals surface area contributed by atoms with Crippen LogP contribution in [0.1, 0.15) is 31.4 Å². The molecule has 1 fully saturated rings. The molecule has 4 heteroatoms. The largest absolute Gasteiger partial charge is 0.381 e. The van der Waals surface area contributed by atoms with Crippen molar-refractivity contribution in [2.45, 2.75) is 25.8 Å². The molecule has 0 bridgehead atoms. The maximum absolute atomic E-state index is 6.03. The van der Waals surface area contributed by atoms with Crippen LogP contribution in [0.5, 0.6) is 0 Å². The average Bonchev–Trinajstić information content (AvgIpc) is 2.40. The zero-order chi connectivity index (χ0) is 13.0. The zero-order valence-electron chi connectivity index (χ0n) is 10.6. The topological polar surface area (TPSA) is 21.3 Å². The predicted octanol–water partition coefficient (Wildman–Crippen LogP) is 4.07. The van der Waals surface area contributed by atoms with Crippen LogP contribution < -0.4 is 5.32 Å². The van der Waals surface area contributed by atoms with Crippen molar-refractivity contribution >= 4 is 23.2 Å². The molecule has 1 heterocycles. The first-order valence-corrected chi connectivity index (χ1v) is 7.18. The molecule has 0 aromatic heterocycles. The molecule has 100 valence electrons. The highest BCUT2D eigenvalue weighted by Gasteiger charge is 2.15. The van der Waals surface area contributed by atoms with Crippen molar-refractivity contribution in [1.29, 1.82) is 0 Å². The lowest BCUT2D eigenvalue weighted by Crippen LogP contribution is -2.29. The van der Waals surface area contributed by atoms with E-state index in [1.807, 2.05) is 18.2 Å². The fourth-order valence-corrected chi connectivity index (χ4v) is 2.50. The molecule has 0 radical (unpaired) electrons. The van der Waals surface area contributed by atoms with Gasteiger partial charge in [0.25, 0.3) is 0 Å². The molecule has 0 saturated carbocycles. The van der Waals surface area contributed by atoms with Crippen LogP contribution in [0, 0.1) is 5.92 Å². The van der Waals surface area contributed by atoms with Crippen molar-refractivity contribution in [3.63, 3.8) is 0 Å². The van der Waals surface area contributed by atoms with Gasteiger partial charge in [-0.25, -0.2) is 0 Å². The van der Waals surface area contributed by atoms with Crippen LogP contribution in [0.3, 0.4) is 0 Å². The van der Waals surface area contributed by atoms with Gasteiger partial charge in [-0.05, 0) is 49.9 Å². The van der Waals surface area contributed by atoms with E-state index in [9.17, 15) is 0 Å². The molecule has 2 nitrogen and oxygen atoms in total. The Labute approximate surface area is 119 Å². The summed E-state index contributed by atoms with van der Waals surface area (Å²) in [6.45, 7) is 4.98.